The Bertz CT molecular complexity index is 921. The lowest BCUT2D eigenvalue weighted by atomic mass is 9.95. The summed E-state index contributed by atoms with van der Waals surface area (Å²) in [5.74, 6) is 0.571. The molecule has 0 unspecified atom stereocenters. The van der Waals surface area contributed by atoms with Gasteiger partial charge in [0.1, 0.15) is 5.75 Å². The zero-order valence-corrected chi connectivity index (χ0v) is 18.2. The fourth-order valence-electron chi connectivity index (χ4n) is 5.14. The van der Waals surface area contributed by atoms with Crippen LogP contribution in [0.15, 0.2) is 18.2 Å². The van der Waals surface area contributed by atoms with Crippen molar-refractivity contribution in [3.63, 3.8) is 0 Å². The van der Waals surface area contributed by atoms with Crippen molar-refractivity contribution in [2.24, 2.45) is 0 Å². The summed E-state index contributed by atoms with van der Waals surface area (Å²) in [5.41, 5.74) is 2.72. The van der Waals surface area contributed by atoms with Gasteiger partial charge in [0.05, 0.1) is 19.2 Å². The first-order valence-corrected chi connectivity index (χ1v) is 11.3. The van der Waals surface area contributed by atoms with Gasteiger partial charge in [-0.1, -0.05) is 19.3 Å². The fraction of sp³-hybridized carbons (Fsp3) is 0.583. The second-order valence-corrected chi connectivity index (χ2v) is 8.63. The van der Waals surface area contributed by atoms with Gasteiger partial charge >= 0.3 is 0 Å². The van der Waals surface area contributed by atoms with E-state index in [0.717, 1.165) is 61.1 Å². The Kier molecular flexibility index (Phi) is 6.30. The van der Waals surface area contributed by atoms with Gasteiger partial charge in [0.2, 0.25) is 5.91 Å². The Balaban J connectivity index is 1.62. The maximum Gasteiger partial charge on any atom is 0.254 e. The van der Waals surface area contributed by atoms with Crippen molar-refractivity contribution < 1.29 is 14.3 Å². The molecule has 162 valence electrons. The van der Waals surface area contributed by atoms with Crippen LogP contribution in [0.25, 0.3) is 10.9 Å². The Morgan fingerprint density at radius 1 is 1.07 bits per heavy atom. The summed E-state index contributed by atoms with van der Waals surface area (Å²) in [6.45, 7) is 3.68. The monoisotopic (exact) mass is 411 g/mol. The number of fused-ring (bicyclic) bond motifs is 1. The van der Waals surface area contributed by atoms with Crippen LogP contribution in [0.2, 0.25) is 0 Å². The van der Waals surface area contributed by atoms with E-state index in [0.29, 0.717) is 11.6 Å². The number of carbonyl (C=O) groups excluding carboxylic acids is 2. The van der Waals surface area contributed by atoms with Gasteiger partial charge in [0.25, 0.3) is 5.91 Å². The molecule has 2 amide bonds. The average Bonchev–Trinajstić information content (AvgIpc) is 3.09. The molecule has 30 heavy (non-hydrogen) atoms. The molecule has 2 aromatic rings. The highest BCUT2D eigenvalue weighted by Crippen LogP contribution is 2.37. The summed E-state index contributed by atoms with van der Waals surface area (Å²) in [4.78, 5) is 27.6. The summed E-state index contributed by atoms with van der Waals surface area (Å²) < 4.78 is 7.77. The lowest BCUT2D eigenvalue weighted by Gasteiger charge is -2.27. The number of rotatable bonds is 5. The van der Waals surface area contributed by atoms with Crippen molar-refractivity contribution in [2.75, 3.05) is 26.7 Å². The molecular formula is C24H33N3O3. The quantitative estimate of drug-likeness (QED) is 0.802. The normalized spacial score (nSPS) is 17.9. The number of ether oxygens (including phenoxy) is 1. The van der Waals surface area contributed by atoms with E-state index in [1.54, 1.807) is 7.11 Å². The van der Waals surface area contributed by atoms with Crippen LogP contribution in [0.4, 0.5) is 0 Å². The van der Waals surface area contributed by atoms with Crippen molar-refractivity contribution in [1.29, 1.82) is 0 Å². The fourth-order valence-corrected chi connectivity index (χ4v) is 5.14. The third kappa shape index (κ3) is 4.05. The number of aromatic nitrogens is 1. The van der Waals surface area contributed by atoms with Crippen molar-refractivity contribution in [1.82, 2.24) is 14.8 Å². The van der Waals surface area contributed by atoms with Crippen LogP contribution in [-0.2, 0) is 4.79 Å². The highest BCUT2D eigenvalue weighted by atomic mass is 16.5. The number of piperidine rings is 1. The molecule has 0 atom stereocenters. The topological polar surface area (TPSA) is 63.6 Å². The van der Waals surface area contributed by atoms with E-state index in [2.05, 4.69) is 16.0 Å². The number of likely N-dealkylation sites (tertiary alicyclic amines) is 1. The summed E-state index contributed by atoms with van der Waals surface area (Å²) in [5, 5.41) is 3.80. The molecule has 1 saturated carbocycles. The van der Waals surface area contributed by atoms with Gasteiger partial charge in [0, 0.05) is 35.7 Å². The van der Waals surface area contributed by atoms with Gasteiger partial charge in [-0.05, 0) is 57.2 Å². The van der Waals surface area contributed by atoms with Crippen molar-refractivity contribution >= 4 is 22.7 Å². The number of hydrogen-bond donors (Lipinski definition) is 1. The summed E-state index contributed by atoms with van der Waals surface area (Å²) in [6.07, 6.45) is 9.31. The Morgan fingerprint density at radius 3 is 2.47 bits per heavy atom. The van der Waals surface area contributed by atoms with E-state index >= 15 is 0 Å². The molecular weight excluding hydrogens is 378 g/mol. The zero-order chi connectivity index (χ0) is 21.1. The molecule has 4 rings (SSSR count). The molecule has 1 aromatic heterocycles. The van der Waals surface area contributed by atoms with Gasteiger partial charge in [-0.2, -0.15) is 0 Å². The first-order valence-electron chi connectivity index (χ1n) is 11.3. The minimum Gasteiger partial charge on any atom is -0.497 e. The van der Waals surface area contributed by atoms with Crippen LogP contribution in [0.5, 0.6) is 5.75 Å². The molecule has 1 N–H and O–H groups in total. The molecule has 1 aromatic carbocycles. The summed E-state index contributed by atoms with van der Waals surface area (Å²) in [7, 11) is 1.64. The van der Waals surface area contributed by atoms with E-state index in [-0.39, 0.29) is 18.4 Å². The first kappa shape index (κ1) is 20.8. The van der Waals surface area contributed by atoms with E-state index in [9.17, 15) is 9.59 Å². The van der Waals surface area contributed by atoms with E-state index in [1.165, 1.54) is 25.7 Å². The third-order valence-corrected chi connectivity index (χ3v) is 6.73. The molecule has 2 fully saturated rings. The largest absolute Gasteiger partial charge is 0.497 e. The van der Waals surface area contributed by atoms with E-state index in [4.69, 9.17) is 4.74 Å². The summed E-state index contributed by atoms with van der Waals surface area (Å²) >= 11 is 0. The Morgan fingerprint density at radius 2 is 1.77 bits per heavy atom. The lowest BCUT2D eigenvalue weighted by Crippen LogP contribution is -2.42. The minimum atomic E-state index is -0.175. The van der Waals surface area contributed by atoms with Crippen molar-refractivity contribution in [2.45, 2.75) is 64.3 Å². The molecule has 1 aliphatic heterocycles. The smallest absolute Gasteiger partial charge is 0.254 e. The molecule has 2 aliphatic rings. The second kappa shape index (κ2) is 9.11. The molecule has 0 bridgehead atoms. The zero-order valence-electron chi connectivity index (χ0n) is 18.2. The van der Waals surface area contributed by atoms with Crippen molar-refractivity contribution in [3.05, 3.63) is 29.5 Å². The third-order valence-electron chi connectivity index (χ3n) is 6.73. The van der Waals surface area contributed by atoms with Crippen LogP contribution in [0.1, 0.15) is 73.5 Å². The van der Waals surface area contributed by atoms with Gasteiger partial charge in [-0.3, -0.25) is 9.59 Å². The predicted molar refractivity (Wildman–Crippen MR) is 118 cm³/mol. The molecule has 0 spiro atoms. The second-order valence-electron chi connectivity index (χ2n) is 8.63. The Hall–Kier alpha value is -2.50. The van der Waals surface area contributed by atoms with Crippen LogP contribution in [0.3, 0.4) is 0 Å². The molecule has 1 aliphatic carbocycles. The number of nitrogens with one attached hydrogen (secondary N) is 1. The van der Waals surface area contributed by atoms with E-state index < -0.39 is 0 Å². The predicted octanol–water partition coefficient (Wildman–Crippen LogP) is 4.21. The maximum atomic E-state index is 13.2. The first-order chi connectivity index (χ1) is 14.6. The van der Waals surface area contributed by atoms with E-state index in [1.807, 2.05) is 24.0 Å². The summed E-state index contributed by atoms with van der Waals surface area (Å²) in [6, 6.07) is 6.39. The highest BCUT2D eigenvalue weighted by molar-refractivity contribution is 6.09. The average molecular weight is 412 g/mol. The van der Waals surface area contributed by atoms with Gasteiger partial charge < -0.3 is 19.5 Å². The van der Waals surface area contributed by atoms with Crippen LogP contribution < -0.4 is 10.1 Å². The standard InChI is InChI=1S/C24H33N3O3/c1-17-23(24(29)25-16-22(28)26-13-7-4-8-14-26)20-15-19(30-2)11-12-21(20)27(17)18-9-5-3-6-10-18/h11-12,15,18H,3-10,13-14,16H2,1-2H3,(H,25,29). The number of methoxy groups -OCH3 is 1. The van der Waals surface area contributed by atoms with Crippen molar-refractivity contribution in [3.8, 4) is 5.75 Å². The highest BCUT2D eigenvalue weighted by Gasteiger charge is 2.26. The number of hydrogen-bond acceptors (Lipinski definition) is 3. The maximum absolute atomic E-state index is 13.2. The molecule has 0 radical (unpaired) electrons. The Labute approximate surface area is 178 Å². The lowest BCUT2D eigenvalue weighted by molar-refractivity contribution is -0.130. The number of benzene rings is 1. The van der Waals surface area contributed by atoms with Crippen LogP contribution in [-0.4, -0.2) is 48.0 Å². The SMILES string of the molecule is COc1ccc2c(c1)c(C(=O)NCC(=O)N1CCCCC1)c(C)n2C1CCCCC1. The minimum absolute atomic E-state index is 0.00861. The van der Waals surface area contributed by atoms with Crippen LogP contribution >= 0.6 is 0 Å². The number of amides is 2. The number of nitrogens with zero attached hydrogens (tertiary/aromatic N) is 2. The molecule has 6 heteroatoms. The van der Waals surface area contributed by atoms with Gasteiger partial charge in [-0.25, -0.2) is 0 Å². The van der Waals surface area contributed by atoms with Crippen LogP contribution in [0, 0.1) is 6.92 Å². The molecule has 1 saturated heterocycles. The van der Waals surface area contributed by atoms with Gasteiger partial charge in [0.15, 0.2) is 0 Å². The number of carbonyl (C=O) groups is 2. The van der Waals surface area contributed by atoms with Gasteiger partial charge in [-0.15, -0.1) is 0 Å². The molecule has 2 heterocycles. The molecule has 6 nitrogen and oxygen atoms in total.